The molecule has 0 saturated heterocycles. The highest BCUT2D eigenvalue weighted by atomic mass is 35.5. The maximum Gasteiger partial charge on any atom is 0.338 e. The Morgan fingerprint density at radius 1 is 1.00 bits per heavy atom. The molecule has 0 radical (unpaired) electrons. The maximum absolute atomic E-state index is 10.9. The van der Waals surface area contributed by atoms with Crippen molar-refractivity contribution >= 4 is 58.3 Å². The molecule has 0 bridgehead atoms. The Hall–Kier alpha value is -0.680. The molecule has 8 heteroatoms. The van der Waals surface area contributed by atoms with Crippen molar-refractivity contribution in [2.75, 3.05) is 0 Å². The number of esters is 1. The topological polar surface area (TPSA) is 63.6 Å². The molecular weight excluding hydrogens is 314 g/mol. The lowest BCUT2D eigenvalue weighted by molar-refractivity contribution is -0.131. The zero-order valence-electron chi connectivity index (χ0n) is 8.18. The molecule has 0 fully saturated rings. The molecule has 4 nitrogen and oxygen atoms in total. The van der Waals surface area contributed by atoms with E-state index in [0.29, 0.717) is 0 Å². The summed E-state index contributed by atoms with van der Waals surface area (Å²) in [4.78, 5) is 21.7. The summed E-state index contributed by atoms with van der Waals surface area (Å²) in [7, 11) is 0. The minimum Gasteiger partial charge on any atom is -0.478 e. The van der Waals surface area contributed by atoms with Gasteiger partial charge in [0.2, 0.25) is 0 Å². The molecular formula is C9H4Cl4O4. The zero-order valence-corrected chi connectivity index (χ0v) is 11.2. The summed E-state index contributed by atoms with van der Waals surface area (Å²) in [5.41, 5.74) is -0.445. The van der Waals surface area contributed by atoms with E-state index in [1.807, 2.05) is 0 Å². The molecule has 0 saturated carbocycles. The van der Waals surface area contributed by atoms with E-state index in [4.69, 9.17) is 56.2 Å². The van der Waals surface area contributed by atoms with Crippen LogP contribution in [0, 0.1) is 0 Å². The van der Waals surface area contributed by atoms with Gasteiger partial charge in [-0.2, -0.15) is 0 Å². The number of carbonyl (C=O) groups is 2. The summed E-state index contributed by atoms with van der Waals surface area (Å²) in [6, 6.07) is 0. The average molecular weight is 318 g/mol. The number of carboxylic acid groups (broad SMARTS) is 1. The number of carboxylic acids is 1. The largest absolute Gasteiger partial charge is 0.478 e. The number of halogens is 4. The summed E-state index contributed by atoms with van der Waals surface area (Å²) in [5.74, 6) is -2.34. The zero-order chi connectivity index (χ0) is 13.3. The number of ether oxygens (including phenoxy) is 1. The van der Waals surface area contributed by atoms with Gasteiger partial charge in [0.25, 0.3) is 0 Å². The Balaban J connectivity index is 3.58. The lowest BCUT2D eigenvalue weighted by Gasteiger charge is -2.12. The van der Waals surface area contributed by atoms with Crippen LogP contribution < -0.4 is 4.74 Å². The van der Waals surface area contributed by atoms with Gasteiger partial charge < -0.3 is 9.84 Å². The third-order valence-corrected chi connectivity index (χ3v) is 3.35. The quantitative estimate of drug-likeness (QED) is 0.510. The van der Waals surface area contributed by atoms with Crippen molar-refractivity contribution in [1.29, 1.82) is 0 Å². The second-order valence-corrected chi connectivity index (χ2v) is 4.37. The number of carbonyl (C=O) groups excluding carboxylic acids is 1. The van der Waals surface area contributed by atoms with Gasteiger partial charge in [0.1, 0.15) is 10.0 Å². The summed E-state index contributed by atoms with van der Waals surface area (Å²) >= 11 is 22.9. The van der Waals surface area contributed by atoms with Crippen molar-refractivity contribution in [1.82, 2.24) is 0 Å². The Labute approximate surface area is 116 Å². The standard InChI is InChI=1S/C9H4Cl4O4/c1-2(14)17-8-6(12)4(10)3(9(15)16)5(11)7(8)13/h1H3,(H,15,16). The summed E-state index contributed by atoms with van der Waals surface area (Å²) in [6.07, 6.45) is 0. The first-order valence-corrected chi connectivity index (χ1v) is 5.56. The molecule has 0 heterocycles. The van der Waals surface area contributed by atoms with Gasteiger partial charge >= 0.3 is 11.9 Å². The van der Waals surface area contributed by atoms with E-state index in [2.05, 4.69) is 0 Å². The molecule has 92 valence electrons. The molecule has 17 heavy (non-hydrogen) atoms. The second kappa shape index (κ2) is 5.31. The van der Waals surface area contributed by atoms with Crippen molar-refractivity contribution in [2.24, 2.45) is 0 Å². The molecule has 1 aromatic carbocycles. The van der Waals surface area contributed by atoms with E-state index in [0.717, 1.165) is 6.92 Å². The smallest absolute Gasteiger partial charge is 0.338 e. The summed E-state index contributed by atoms with van der Waals surface area (Å²) < 4.78 is 4.71. The number of rotatable bonds is 2. The Morgan fingerprint density at radius 3 is 1.71 bits per heavy atom. The van der Waals surface area contributed by atoms with Crippen LogP contribution in [0.4, 0.5) is 0 Å². The van der Waals surface area contributed by atoms with E-state index in [1.165, 1.54) is 0 Å². The van der Waals surface area contributed by atoms with Crippen LogP contribution in [0.15, 0.2) is 0 Å². The maximum atomic E-state index is 10.9. The van der Waals surface area contributed by atoms with Crippen LogP contribution in [0.3, 0.4) is 0 Å². The Kier molecular flexibility index (Phi) is 4.49. The third-order valence-electron chi connectivity index (χ3n) is 1.68. The van der Waals surface area contributed by atoms with Gasteiger partial charge in [-0.25, -0.2) is 4.79 Å². The van der Waals surface area contributed by atoms with E-state index < -0.39 is 17.5 Å². The van der Waals surface area contributed by atoms with Gasteiger partial charge in [0.05, 0.1) is 15.6 Å². The van der Waals surface area contributed by atoms with E-state index in [9.17, 15) is 9.59 Å². The molecule has 0 aliphatic heterocycles. The fourth-order valence-electron chi connectivity index (χ4n) is 1.03. The van der Waals surface area contributed by atoms with Crippen LogP contribution in [-0.4, -0.2) is 17.0 Å². The highest BCUT2D eigenvalue weighted by Gasteiger charge is 2.26. The molecule has 0 aliphatic rings. The monoisotopic (exact) mass is 316 g/mol. The molecule has 0 amide bonds. The van der Waals surface area contributed by atoms with Gasteiger partial charge in [0, 0.05) is 6.92 Å². The van der Waals surface area contributed by atoms with Crippen LogP contribution >= 0.6 is 46.4 Å². The summed E-state index contributed by atoms with van der Waals surface area (Å²) in [5, 5.41) is 7.62. The number of aromatic carboxylic acids is 1. The molecule has 1 rings (SSSR count). The predicted molar refractivity (Wildman–Crippen MR) is 64.8 cm³/mol. The Bertz CT molecular complexity index is 483. The van der Waals surface area contributed by atoms with E-state index >= 15 is 0 Å². The first-order valence-electron chi connectivity index (χ1n) is 4.05. The normalized spacial score (nSPS) is 10.2. The van der Waals surface area contributed by atoms with Crippen LogP contribution in [-0.2, 0) is 4.79 Å². The highest BCUT2D eigenvalue weighted by molar-refractivity contribution is 6.51. The van der Waals surface area contributed by atoms with Crippen LogP contribution in [0.2, 0.25) is 20.1 Å². The van der Waals surface area contributed by atoms with Crippen LogP contribution in [0.5, 0.6) is 5.75 Å². The first kappa shape index (κ1) is 14.4. The summed E-state index contributed by atoms with van der Waals surface area (Å²) in [6.45, 7) is 1.12. The minimum atomic E-state index is -1.39. The predicted octanol–water partition coefficient (Wildman–Crippen LogP) is 3.92. The van der Waals surface area contributed by atoms with Gasteiger partial charge in [0.15, 0.2) is 5.75 Å². The number of benzene rings is 1. The van der Waals surface area contributed by atoms with Crippen molar-refractivity contribution in [3.63, 3.8) is 0 Å². The van der Waals surface area contributed by atoms with Crippen molar-refractivity contribution in [3.05, 3.63) is 25.7 Å². The molecule has 0 atom stereocenters. The molecule has 1 N–H and O–H groups in total. The highest BCUT2D eigenvalue weighted by Crippen LogP contribution is 2.46. The van der Waals surface area contributed by atoms with E-state index in [1.54, 1.807) is 0 Å². The van der Waals surface area contributed by atoms with Gasteiger partial charge in [-0.05, 0) is 0 Å². The molecule has 0 spiro atoms. The van der Waals surface area contributed by atoms with Crippen molar-refractivity contribution in [3.8, 4) is 5.75 Å². The molecule has 0 unspecified atom stereocenters. The number of hydrogen-bond donors (Lipinski definition) is 1. The van der Waals surface area contributed by atoms with Gasteiger partial charge in [-0.3, -0.25) is 4.79 Å². The number of hydrogen-bond acceptors (Lipinski definition) is 3. The lowest BCUT2D eigenvalue weighted by Crippen LogP contribution is -2.06. The average Bonchev–Trinajstić information content (AvgIpc) is 2.21. The first-order chi connectivity index (χ1) is 7.77. The van der Waals surface area contributed by atoms with Gasteiger partial charge in [-0.1, -0.05) is 46.4 Å². The van der Waals surface area contributed by atoms with Gasteiger partial charge in [-0.15, -0.1) is 0 Å². The van der Waals surface area contributed by atoms with Crippen molar-refractivity contribution in [2.45, 2.75) is 6.92 Å². The molecule has 0 aromatic heterocycles. The van der Waals surface area contributed by atoms with E-state index in [-0.39, 0.29) is 25.8 Å². The van der Waals surface area contributed by atoms with Crippen molar-refractivity contribution < 1.29 is 19.4 Å². The minimum absolute atomic E-state index is 0.263. The molecule has 1 aromatic rings. The SMILES string of the molecule is CC(=O)Oc1c(Cl)c(Cl)c(C(=O)O)c(Cl)c1Cl. The third kappa shape index (κ3) is 2.77. The fraction of sp³-hybridized carbons (Fsp3) is 0.111. The van der Waals surface area contributed by atoms with Crippen LogP contribution in [0.1, 0.15) is 17.3 Å². The second-order valence-electron chi connectivity index (χ2n) is 2.86. The fourth-order valence-corrected chi connectivity index (χ4v) is 2.11. The Morgan fingerprint density at radius 2 is 1.41 bits per heavy atom. The molecule has 0 aliphatic carbocycles. The lowest BCUT2D eigenvalue weighted by atomic mass is 10.2. The van der Waals surface area contributed by atoms with Crippen LogP contribution in [0.25, 0.3) is 0 Å².